The van der Waals surface area contributed by atoms with Crippen molar-refractivity contribution in [2.45, 2.75) is 19.6 Å². The van der Waals surface area contributed by atoms with Gasteiger partial charge in [0.15, 0.2) is 11.5 Å². The van der Waals surface area contributed by atoms with E-state index in [-0.39, 0.29) is 12.4 Å². The monoisotopic (exact) mass is 440 g/mol. The van der Waals surface area contributed by atoms with Gasteiger partial charge in [-0.3, -0.25) is 4.90 Å². The Balaban J connectivity index is 0.00000300. The maximum absolute atomic E-state index is 6.19. The Morgan fingerprint density at radius 3 is 2.66 bits per heavy atom. The Morgan fingerprint density at radius 1 is 1.10 bits per heavy atom. The predicted molar refractivity (Wildman–Crippen MR) is 120 cm³/mol. The minimum Gasteiger partial charge on any atom is -0.493 e. The van der Waals surface area contributed by atoms with Gasteiger partial charge in [0.05, 0.1) is 20.3 Å². The van der Waals surface area contributed by atoms with Crippen molar-refractivity contribution in [1.82, 2.24) is 10.2 Å². The summed E-state index contributed by atoms with van der Waals surface area (Å²) in [4.78, 5) is 2.46. The standard InChI is InChI=1S/C22H29ClN2O3.ClH/c1-26-22-15-18(16-24-9-4-10-25-11-13-27-14-12-25)7-8-21(22)28-17-19-5-2-3-6-20(19)23;/h2-3,5-8,15,24H,4,9-14,16-17H2,1H3;1H. The van der Waals surface area contributed by atoms with Gasteiger partial charge in [-0.1, -0.05) is 35.9 Å². The van der Waals surface area contributed by atoms with E-state index in [2.05, 4.69) is 16.3 Å². The Labute approximate surface area is 184 Å². The fraction of sp³-hybridized carbons (Fsp3) is 0.455. The van der Waals surface area contributed by atoms with Gasteiger partial charge < -0.3 is 19.5 Å². The molecule has 160 valence electrons. The van der Waals surface area contributed by atoms with Gasteiger partial charge in [0.1, 0.15) is 6.61 Å². The smallest absolute Gasteiger partial charge is 0.161 e. The van der Waals surface area contributed by atoms with Crippen LogP contribution in [0.15, 0.2) is 42.5 Å². The number of halogens is 2. The lowest BCUT2D eigenvalue weighted by atomic mass is 10.2. The second kappa shape index (κ2) is 12.9. The maximum Gasteiger partial charge on any atom is 0.161 e. The molecule has 7 heteroatoms. The second-order valence-electron chi connectivity index (χ2n) is 6.85. The highest BCUT2D eigenvalue weighted by atomic mass is 35.5. The van der Waals surface area contributed by atoms with Crippen LogP contribution >= 0.6 is 24.0 Å². The molecule has 1 heterocycles. The fourth-order valence-corrected chi connectivity index (χ4v) is 3.39. The summed E-state index contributed by atoms with van der Waals surface area (Å²) in [5.74, 6) is 1.46. The van der Waals surface area contributed by atoms with Crippen LogP contribution in [0.3, 0.4) is 0 Å². The van der Waals surface area contributed by atoms with Crippen LogP contribution in [0.4, 0.5) is 0 Å². The summed E-state index contributed by atoms with van der Waals surface area (Å²) in [5.41, 5.74) is 2.13. The average molecular weight is 441 g/mol. The average Bonchev–Trinajstić information content (AvgIpc) is 2.74. The molecule has 0 spiro atoms. The Morgan fingerprint density at radius 2 is 1.90 bits per heavy atom. The molecule has 0 saturated carbocycles. The molecule has 1 aliphatic rings. The molecule has 0 unspecified atom stereocenters. The number of rotatable bonds is 10. The van der Waals surface area contributed by atoms with Crippen molar-refractivity contribution >= 4 is 24.0 Å². The highest BCUT2D eigenvalue weighted by Gasteiger charge is 2.10. The largest absolute Gasteiger partial charge is 0.493 e. The molecule has 1 aliphatic heterocycles. The second-order valence-corrected chi connectivity index (χ2v) is 7.26. The molecule has 0 aliphatic carbocycles. The molecule has 2 aromatic rings. The molecule has 5 nitrogen and oxygen atoms in total. The summed E-state index contributed by atoms with van der Waals surface area (Å²) >= 11 is 6.19. The van der Waals surface area contributed by atoms with E-state index in [1.807, 2.05) is 36.4 Å². The van der Waals surface area contributed by atoms with Gasteiger partial charge in [0, 0.05) is 30.2 Å². The lowest BCUT2D eigenvalue weighted by Gasteiger charge is -2.26. The van der Waals surface area contributed by atoms with Gasteiger partial charge in [-0.15, -0.1) is 12.4 Å². The van der Waals surface area contributed by atoms with Crippen LogP contribution < -0.4 is 14.8 Å². The number of hydrogen-bond donors (Lipinski definition) is 1. The summed E-state index contributed by atoms with van der Waals surface area (Å²) in [7, 11) is 1.66. The minimum atomic E-state index is 0. The molecule has 1 saturated heterocycles. The van der Waals surface area contributed by atoms with Gasteiger partial charge in [-0.2, -0.15) is 0 Å². The van der Waals surface area contributed by atoms with Crippen LogP contribution in [0, 0.1) is 0 Å². The van der Waals surface area contributed by atoms with Gasteiger partial charge >= 0.3 is 0 Å². The first-order chi connectivity index (χ1) is 13.8. The van der Waals surface area contributed by atoms with E-state index < -0.39 is 0 Å². The maximum atomic E-state index is 6.19. The first-order valence-electron chi connectivity index (χ1n) is 9.80. The van der Waals surface area contributed by atoms with E-state index in [0.29, 0.717) is 11.6 Å². The highest BCUT2D eigenvalue weighted by molar-refractivity contribution is 6.31. The van der Waals surface area contributed by atoms with Gasteiger partial charge in [0.2, 0.25) is 0 Å². The van der Waals surface area contributed by atoms with E-state index in [1.54, 1.807) is 7.11 Å². The Kier molecular flexibility index (Phi) is 10.6. The molecule has 1 fully saturated rings. The highest BCUT2D eigenvalue weighted by Crippen LogP contribution is 2.29. The van der Waals surface area contributed by atoms with Crippen molar-refractivity contribution in [3.63, 3.8) is 0 Å². The third-order valence-corrected chi connectivity index (χ3v) is 5.20. The zero-order chi connectivity index (χ0) is 19.6. The number of ether oxygens (including phenoxy) is 3. The number of nitrogens with one attached hydrogen (secondary N) is 1. The van der Waals surface area contributed by atoms with Crippen molar-refractivity contribution in [3.8, 4) is 11.5 Å². The molecule has 0 atom stereocenters. The molecule has 0 amide bonds. The van der Waals surface area contributed by atoms with Crippen LogP contribution in [0.1, 0.15) is 17.5 Å². The molecular weight excluding hydrogens is 411 g/mol. The number of nitrogens with zero attached hydrogens (tertiary/aromatic N) is 1. The molecule has 29 heavy (non-hydrogen) atoms. The quantitative estimate of drug-likeness (QED) is 0.561. The molecule has 3 rings (SSSR count). The van der Waals surface area contributed by atoms with Gasteiger partial charge in [-0.05, 0) is 43.3 Å². The van der Waals surface area contributed by atoms with E-state index in [0.717, 1.165) is 69.4 Å². The van der Waals surface area contributed by atoms with Gasteiger partial charge in [0.25, 0.3) is 0 Å². The van der Waals surface area contributed by atoms with Crippen LogP contribution in [0.25, 0.3) is 0 Å². The number of hydrogen-bond acceptors (Lipinski definition) is 5. The van der Waals surface area contributed by atoms with Crippen molar-refractivity contribution in [2.75, 3.05) is 46.5 Å². The van der Waals surface area contributed by atoms with Crippen molar-refractivity contribution < 1.29 is 14.2 Å². The summed E-state index contributed by atoms with van der Waals surface area (Å²) in [5, 5.41) is 4.21. The van der Waals surface area contributed by atoms with Crippen LogP contribution in [-0.4, -0.2) is 51.4 Å². The van der Waals surface area contributed by atoms with Crippen molar-refractivity contribution in [3.05, 3.63) is 58.6 Å². The zero-order valence-corrected chi connectivity index (χ0v) is 18.4. The van der Waals surface area contributed by atoms with E-state index >= 15 is 0 Å². The third-order valence-electron chi connectivity index (χ3n) is 4.83. The molecule has 0 aromatic heterocycles. The summed E-state index contributed by atoms with van der Waals surface area (Å²) in [6.07, 6.45) is 1.14. The number of methoxy groups -OCH3 is 1. The third kappa shape index (κ3) is 7.68. The molecule has 1 N–H and O–H groups in total. The summed E-state index contributed by atoms with van der Waals surface area (Å²) in [6.45, 7) is 7.15. The van der Waals surface area contributed by atoms with E-state index in [4.69, 9.17) is 25.8 Å². The lowest BCUT2D eigenvalue weighted by molar-refractivity contribution is 0.0374. The van der Waals surface area contributed by atoms with E-state index in [9.17, 15) is 0 Å². The SMILES string of the molecule is COc1cc(CNCCCN2CCOCC2)ccc1OCc1ccccc1Cl.Cl. The number of morpholine rings is 1. The zero-order valence-electron chi connectivity index (χ0n) is 16.9. The topological polar surface area (TPSA) is 43.0 Å². The summed E-state index contributed by atoms with van der Waals surface area (Å²) in [6, 6.07) is 13.7. The van der Waals surface area contributed by atoms with Crippen LogP contribution in [0.2, 0.25) is 5.02 Å². The van der Waals surface area contributed by atoms with Crippen molar-refractivity contribution in [1.29, 1.82) is 0 Å². The first kappa shape index (κ1) is 23.8. The number of benzene rings is 2. The lowest BCUT2D eigenvalue weighted by Crippen LogP contribution is -2.37. The van der Waals surface area contributed by atoms with Crippen LogP contribution in [-0.2, 0) is 17.9 Å². The molecule has 2 aromatic carbocycles. The first-order valence-corrected chi connectivity index (χ1v) is 10.2. The molecule has 0 radical (unpaired) electrons. The molecule has 0 bridgehead atoms. The fourth-order valence-electron chi connectivity index (χ4n) is 3.20. The molecular formula is C22H30Cl2N2O3. The normalized spacial score (nSPS) is 14.3. The Bertz CT molecular complexity index is 740. The predicted octanol–water partition coefficient (Wildman–Crippen LogP) is 4.16. The Hall–Kier alpha value is -1.50. The van der Waals surface area contributed by atoms with Crippen LogP contribution in [0.5, 0.6) is 11.5 Å². The van der Waals surface area contributed by atoms with Crippen molar-refractivity contribution in [2.24, 2.45) is 0 Å². The van der Waals surface area contributed by atoms with Gasteiger partial charge in [-0.25, -0.2) is 0 Å². The summed E-state index contributed by atoms with van der Waals surface area (Å²) < 4.78 is 16.8. The van der Waals surface area contributed by atoms with E-state index in [1.165, 1.54) is 5.56 Å². The minimum absolute atomic E-state index is 0.